The lowest BCUT2D eigenvalue weighted by Gasteiger charge is -2.02. The number of aromatic nitrogens is 4. The van der Waals surface area contributed by atoms with Crippen LogP contribution in [0, 0.1) is 0 Å². The molecule has 0 aromatic carbocycles. The third-order valence-corrected chi connectivity index (χ3v) is 4.24. The van der Waals surface area contributed by atoms with Crippen LogP contribution in [0.2, 0.25) is 0 Å². The Kier molecular flexibility index (Phi) is 4.71. The monoisotopic (exact) mass is 329 g/mol. The van der Waals surface area contributed by atoms with Gasteiger partial charge in [0.15, 0.2) is 5.13 Å². The van der Waals surface area contributed by atoms with Gasteiger partial charge < -0.3 is 5.32 Å². The van der Waals surface area contributed by atoms with Gasteiger partial charge in [-0.1, -0.05) is 11.8 Å². The molecule has 1 N–H and O–H groups in total. The van der Waals surface area contributed by atoms with Crippen LogP contribution < -0.4 is 5.32 Å². The van der Waals surface area contributed by atoms with Gasteiger partial charge in [-0.05, 0) is 24.3 Å². The topological polar surface area (TPSA) is 80.7 Å². The summed E-state index contributed by atoms with van der Waals surface area (Å²) in [7, 11) is 0. The van der Waals surface area contributed by atoms with Crippen molar-refractivity contribution < 1.29 is 4.79 Å². The molecular formula is C14H11N5OS2. The number of pyridine rings is 1. The van der Waals surface area contributed by atoms with Crippen LogP contribution in [0.5, 0.6) is 0 Å². The predicted molar refractivity (Wildman–Crippen MR) is 86.7 cm³/mol. The first-order chi connectivity index (χ1) is 10.8. The van der Waals surface area contributed by atoms with Crippen molar-refractivity contribution in [3.05, 3.63) is 48.2 Å². The smallest absolute Gasteiger partial charge is 0.236 e. The highest BCUT2D eigenvalue weighted by Crippen LogP contribution is 2.19. The average molecular weight is 329 g/mol. The molecule has 3 aromatic rings. The summed E-state index contributed by atoms with van der Waals surface area (Å²) in [6, 6.07) is 7.48. The first-order valence-corrected chi connectivity index (χ1v) is 8.24. The van der Waals surface area contributed by atoms with Gasteiger partial charge in [-0.3, -0.25) is 9.78 Å². The first-order valence-electron chi connectivity index (χ1n) is 6.37. The summed E-state index contributed by atoms with van der Waals surface area (Å²) >= 11 is 2.72. The van der Waals surface area contributed by atoms with Crippen LogP contribution in [0.25, 0.3) is 11.3 Å². The lowest BCUT2D eigenvalue weighted by molar-refractivity contribution is -0.113. The van der Waals surface area contributed by atoms with Crippen LogP contribution >= 0.6 is 23.1 Å². The van der Waals surface area contributed by atoms with E-state index in [0.29, 0.717) is 10.2 Å². The van der Waals surface area contributed by atoms with E-state index in [2.05, 4.69) is 25.5 Å². The second-order valence-electron chi connectivity index (χ2n) is 4.17. The van der Waals surface area contributed by atoms with Gasteiger partial charge in [0.1, 0.15) is 5.03 Å². The number of nitrogens with one attached hydrogen (secondary N) is 1. The highest BCUT2D eigenvalue weighted by atomic mass is 32.2. The quantitative estimate of drug-likeness (QED) is 0.725. The number of carbonyl (C=O) groups is 1. The van der Waals surface area contributed by atoms with Gasteiger partial charge in [-0.2, -0.15) is 0 Å². The number of thiazole rings is 1. The molecule has 3 rings (SSSR count). The van der Waals surface area contributed by atoms with Gasteiger partial charge in [-0.25, -0.2) is 4.98 Å². The molecule has 0 aliphatic rings. The van der Waals surface area contributed by atoms with Crippen LogP contribution in [0.1, 0.15) is 0 Å². The second-order valence-corrected chi connectivity index (χ2v) is 6.06. The molecule has 0 unspecified atom stereocenters. The summed E-state index contributed by atoms with van der Waals surface area (Å²) < 4.78 is 0. The molecule has 0 atom stereocenters. The minimum Gasteiger partial charge on any atom is -0.301 e. The molecule has 6 nitrogen and oxygen atoms in total. The van der Waals surface area contributed by atoms with Crippen LogP contribution in [-0.4, -0.2) is 31.8 Å². The van der Waals surface area contributed by atoms with Crippen molar-refractivity contribution in [2.24, 2.45) is 0 Å². The van der Waals surface area contributed by atoms with Gasteiger partial charge >= 0.3 is 0 Å². The Morgan fingerprint density at radius 1 is 1.23 bits per heavy atom. The van der Waals surface area contributed by atoms with Crippen LogP contribution in [0.3, 0.4) is 0 Å². The van der Waals surface area contributed by atoms with E-state index in [4.69, 9.17) is 0 Å². The normalized spacial score (nSPS) is 10.4. The van der Waals surface area contributed by atoms with E-state index in [9.17, 15) is 4.79 Å². The fourth-order valence-corrected chi connectivity index (χ4v) is 2.80. The summed E-state index contributed by atoms with van der Waals surface area (Å²) in [5.74, 6) is 0.152. The Balaban J connectivity index is 1.56. The number of hydrogen-bond acceptors (Lipinski definition) is 7. The lowest BCUT2D eigenvalue weighted by atomic mass is 10.2. The van der Waals surface area contributed by atoms with Crippen LogP contribution in [0.15, 0.2) is 53.3 Å². The SMILES string of the molecule is O=C(CSc1ccc(-c2cccnc2)nn1)Nc1nccs1. The van der Waals surface area contributed by atoms with Gasteiger partial charge in [0, 0.05) is 29.5 Å². The standard InChI is InChI=1S/C14H11N5OS2/c20-12(17-14-16-6-7-21-14)9-22-13-4-3-11(18-19-13)10-2-1-5-15-8-10/h1-8H,9H2,(H,16,17,20). The minimum absolute atomic E-state index is 0.113. The number of carbonyl (C=O) groups excluding carboxylic acids is 1. The van der Waals surface area contributed by atoms with Gasteiger partial charge in [0.2, 0.25) is 5.91 Å². The minimum atomic E-state index is -0.113. The summed E-state index contributed by atoms with van der Waals surface area (Å²) in [6.07, 6.45) is 5.09. The molecule has 0 aliphatic heterocycles. The third kappa shape index (κ3) is 3.86. The molecule has 3 heterocycles. The van der Waals surface area contributed by atoms with E-state index in [1.54, 1.807) is 18.6 Å². The number of nitrogens with zero attached hydrogens (tertiary/aromatic N) is 4. The Bertz CT molecular complexity index is 732. The molecule has 0 saturated heterocycles. The number of thioether (sulfide) groups is 1. The summed E-state index contributed by atoms with van der Waals surface area (Å²) in [4.78, 5) is 19.8. The fourth-order valence-electron chi connectivity index (χ4n) is 1.65. The van der Waals surface area contributed by atoms with Crippen molar-refractivity contribution in [1.29, 1.82) is 0 Å². The summed E-state index contributed by atoms with van der Waals surface area (Å²) in [5.41, 5.74) is 1.66. The van der Waals surface area contributed by atoms with Gasteiger partial charge in [-0.15, -0.1) is 21.5 Å². The van der Waals surface area contributed by atoms with Crippen molar-refractivity contribution >= 4 is 34.1 Å². The molecule has 3 aromatic heterocycles. The van der Waals surface area contributed by atoms with Crippen molar-refractivity contribution in [3.8, 4) is 11.3 Å². The van der Waals surface area contributed by atoms with Gasteiger partial charge in [0.05, 0.1) is 11.4 Å². The second kappa shape index (κ2) is 7.10. The molecule has 8 heteroatoms. The highest BCUT2D eigenvalue weighted by Gasteiger charge is 2.07. The molecule has 0 spiro atoms. The Morgan fingerprint density at radius 3 is 2.86 bits per heavy atom. The molecule has 110 valence electrons. The largest absolute Gasteiger partial charge is 0.301 e. The number of rotatable bonds is 5. The molecule has 0 aliphatic carbocycles. The van der Waals surface area contributed by atoms with Crippen molar-refractivity contribution in [3.63, 3.8) is 0 Å². The van der Waals surface area contributed by atoms with Crippen molar-refractivity contribution in [2.75, 3.05) is 11.1 Å². The fraction of sp³-hybridized carbons (Fsp3) is 0.0714. The zero-order chi connectivity index (χ0) is 15.2. The maximum absolute atomic E-state index is 11.8. The number of anilines is 1. The Morgan fingerprint density at radius 2 is 2.18 bits per heavy atom. The van der Waals surface area contributed by atoms with Crippen molar-refractivity contribution in [2.45, 2.75) is 5.03 Å². The van der Waals surface area contributed by atoms with Gasteiger partial charge in [0.25, 0.3) is 0 Å². The average Bonchev–Trinajstić information content (AvgIpc) is 3.07. The van der Waals surface area contributed by atoms with E-state index >= 15 is 0 Å². The van der Waals surface area contributed by atoms with Crippen LogP contribution in [-0.2, 0) is 4.79 Å². The van der Waals surface area contributed by atoms with Crippen LogP contribution in [0.4, 0.5) is 5.13 Å². The Labute approximate surface area is 135 Å². The lowest BCUT2D eigenvalue weighted by Crippen LogP contribution is -2.13. The maximum atomic E-state index is 11.8. The molecule has 1 amide bonds. The first kappa shape index (κ1) is 14.6. The van der Waals surface area contributed by atoms with E-state index in [1.807, 2.05) is 29.6 Å². The summed E-state index contributed by atoms with van der Waals surface area (Å²) in [5, 5.41) is 14.1. The molecule has 0 bridgehead atoms. The molecule has 0 radical (unpaired) electrons. The zero-order valence-electron chi connectivity index (χ0n) is 11.3. The molecule has 22 heavy (non-hydrogen) atoms. The molecular weight excluding hydrogens is 318 g/mol. The Hall–Kier alpha value is -2.32. The summed E-state index contributed by atoms with van der Waals surface area (Å²) in [6.45, 7) is 0. The van der Waals surface area contributed by atoms with Crippen molar-refractivity contribution in [1.82, 2.24) is 20.2 Å². The maximum Gasteiger partial charge on any atom is 0.236 e. The molecule has 0 fully saturated rings. The molecule has 0 saturated carbocycles. The number of amides is 1. The predicted octanol–water partition coefficient (Wildman–Crippen LogP) is 2.73. The van der Waals surface area contributed by atoms with E-state index < -0.39 is 0 Å². The highest BCUT2D eigenvalue weighted by molar-refractivity contribution is 7.99. The van der Waals surface area contributed by atoms with E-state index in [0.717, 1.165) is 11.3 Å². The zero-order valence-corrected chi connectivity index (χ0v) is 13.0. The van der Waals surface area contributed by atoms with E-state index in [-0.39, 0.29) is 11.7 Å². The number of hydrogen-bond donors (Lipinski definition) is 1. The third-order valence-electron chi connectivity index (χ3n) is 2.63. The van der Waals surface area contributed by atoms with E-state index in [1.165, 1.54) is 23.1 Å².